The van der Waals surface area contributed by atoms with E-state index in [-0.39, 0.29) is 0 Å². The molecule has 9 nitrogen and oxygen atoms in total. The Labute approximate surface area is 81.5 Å². The average molecular weight is 205 g/mol. The fourth-order valence-electron chi connectivity index (χ4n) is 1.09. The minimum Gasteiger partial charge on any atom is -0.342 e. The zero-order valence-corrected chi connectivity index (χ0v) is 7.15. The van der Waals surface area contributed by atoms with E-state index in [0.717, 1.165) is 0 Å². The van der Waals surface area contributed by atoms with Crippen LogP contribution >= 0.6 is 0 Å². The third kappa shape index (κ3) is 1.17. The van der Waals surface area contributed by atoms with Crippen LogP contribution in [-0.2, 0) is 0 Å². The van der Waals surface area contributed by atoms with Gasteiger partial charge in [-0.3, -0.25) is 0 Å². The predicted octanol–water partition coefficient (Wildman–Crippen LogP) is -0.0953. The highest BCUT2D eigenvalue weighted by Gasteiger charge is 2.18. The Morgan fingerprint density at radius 2 is 1.40 bits per heavy atom. The summed E-state index contributed by atoms with van der Waals surface area (Å²) in [5.74, 6) is 0.618. The minimum atomic E-state index is 0.309. The second-order valence-corrected chi connectivity index (χ2v) is 2.53. The summed E-state index contributed by atoms with van der Waals surface area (Å²) in [6, 6.07) is 0. The van der Waals surface area contributed by atoms with Crippen molar-refractivity contribution < 1.29 is 9.05 Å². The van der Waals surface area contributed by atoms with Crippen LogP contribution in [0.15, 0.2) is 21.8 Å². The Morgan fingerprint density at radius 3 is 1.80 bits per heavy atom. The molecule has 0 aliphatic heterocycles. The van der Waals surface area contributed by atoms with Crippen molar-refractivity contribution in [2.24, 2.45) is 0 Å². The number of aromatic nitrogens is 7. The smallest absolute Gasteiger partial charge is 0.225 e. The lowest BCUT2D eigenvalue weighted by Gasteiger charge is -1.87. The van der Waals surface area contributed by atoms with Crippen molar-refractivity contribution >= 4 is 0 Å². The summed E-state index contributed by atoms with van der Waals surface area (Å²) < 4.78 is 9.21. The fraction of sp³-hybridized carbons (Fsp3) is 0. The molecule has 0 amide bonds. The van der Waals surface area contributed by atoms with Crippen LogP contribution in [0.2, 0.25) is 0 Å². The number of nitrogens with one attached hydrogen (secondary N) is 1. The third-order valence-corrected chi connectivity index (χ3v) is 1.69. The number of aromatic amines is 1. The zero-order valence-electron chi connectivity index (χ0n) is 7.15. The standard InChI is InChI=1S/C6H3N7O2/c1-7-5(11-14-1)3-4(10-13-9-3)6-8-2-15-12-6/h1-2H,(H,9,10,13). The van der Waals surface area contributed by atoms with E-state index >= 15 is 0 Å². The molecule has 0 atom stereocenters. The fourth-order valence-corrected chi connectivity index (χ4v) is 1.09. The molecule has 0 spiro atoms. The van der Waals surface area contributed by atoms with E-state index in [1.807, 2.05) is 0 Å². The van der Waals surface area contributed by atoms with Gasteiger partial charge in [0.15, 0.2) is 11.4 Å². The van der Waals surface area contributed by atoms with Crippen LogP contribution in [0.5, 0.6) is 0 Å². The number of H-pyrrole nitrogens is 1. The number of rotatable bonds is 2. The van der Waals surface area contributed by atoms with Crippen molar-refractivity contribution in [2.75, 3.05) is 0 Å². The van der Waals surface area contributed by atoms with Gasteiger partial charge in [0.25, 0.3) is 0 Å². The van der Waals surface area contributed by atoms with Crippen LogP contribution in [0.1, 0.15) is 0 Å². The first-order valence-corrected chi connectivity index (χ1v) is 3.89. The predicted molar refractivity (Wildman–Crippen MR) is 43.0 cm³/mol. The lowest BCUT2D eigenvalue weighted by Crippen LogP contribution is -1.87. The lowest BCUT2D eigenvalue weighted by atomic mass is 10.3. The van der Waals surface area contributed by atoms with Crippen molar-refractivity contribution in [1.29, 1.82) is 0 Å². The Kier molecular flexibility index (Phi) is 1.54. The molecule has 3 aromatic heterocycles. The van der Waals surface area contributed by atoms with Crippen molar-refractivity contribution in [2.45, 2.75) is 0 Å². The molecule has 0 unspecified atom stereocenters. The van der Waals surface area contributed by atoms with Crippen LogP contribution in [0.3, 0.4) is 0 Å². The highest BCUT2D eigenvalue weighted by molar-refractivity contribution is 5.68. The number of hydrogen-bond acceptors (Lipinski definition) is 8. The van der Waals surface area contributed by atoms with E-state index in [4.69, 9.17) is 0 Å². The molecule has 0 fully saturated rings. The van der Waals surface area contributed by atoms with Crippen molar-refractivity contribution in [3.63, 3.8) is 0 Å². The number of hydrogen-bond donors (Lipinski definition) is 1. The second kappa shape index (κ2) is 2.97. The summed E-state index contributed by atoms with van der Waals surface area (Å²) >= 11 is 0. The molecule has 3 rings (SSSR count). The second-order valence-electron chi connectivity index (χ2n) is 2.53. The van der Waals surface area contributed by atoms with Crippen LogP contribution in [0.25, 0.3) is 23.0 Å². The van der Waals surface area contributed by atoms with Crippen molar-refractivity contribution in [3.05, 3.63) is 12.8 Å². The first kappa shape index (κ1) is 7.79. The summed E-state index contributed by atoms with van der Waals surface area (Å²) in [5.41, 5.74) is 0.815. The molecular formula is C6H3N7O2. The molecule has 0 aliphatic carbocycles. The van der Waals surface area contributed by atoms with E-state index in [9.17, 15) is 0 Å². The highest BCUT2D eigenvalue weighted by atomic mass is 16.5. The highest BCUT2D eigenvalue weighted by Crippen LogP contribution is 2.22. The van der Waals surface area contributed by atoms with Crippen LogP contribution in [-0.4, -0.2) is 35.7 Å². The van der Waals surface area contributed by atoms with Crippen LogP contribution < -0.4 is 0 Å². The van der Waals surface area contributed by atoms with Gasteiger partial charge in [0, 0.05) is 0 Å². The topological polar surface area (TPSA) is 119 Å². The van der Waals surface area contributed by atoms with E-state index in [1.165, 1.54) is 12.8 Å². The van der Waals surface area contributed by atoms with E-state index < -0.39 is 0 Å². The molecule has 9 heteroatoms. The Balaban J connectivity index is 2.15. The first-order valence-electron chi connectivity index (χ1n) is 3.89. The van der Waals surface area contributed by atoms with Gasteiger partial charge in [-0.25, -0.2) is 0 Å². The van der Waals surface area contributed by atoms with E-state index in [1.54, 1.807) is 0 Å². The van der Waals surface area contributed by atoms with Crippen molar-refractivity contribution in [3.8, 4) is 23.0 Å². The Hall–Kier alpha value is -2.58. The summed E-state index contributed by atoms with van der Waals surface area (Å²) in [6.45, 7) is 0. The van der Waals surface area contributed by atoms with Gasteiger partial charge in [0.1, 0.15) is 0 Å². The van der Waals surface area contributed by atoms with Gasteiger partial charge >= 0.3 is 0 Å². The summed E-state index contributed by atoms with van der Waals surface area (Å²) in [7, 11) is 0. The van der Waals surface area contributed by atoms with Crippen LogP contribution in [0.4, 0.5) is 0 Å². The van der Waals surface area contributed by atoms with Gasteiger partial charge in [0.05, 0.1) is 0 Å². The molecule has 0 bridgehead atoms. The molecule has 0 aromatic carbocycles. The molecular weight excluding hydrogens is 202 g/mol. The van der Waals surface area contributed by atoms with E-state index in [2.05, 4.69) is 44.7 Å². The Morgan fingerprint density at radius 1 is 0.867 bits per heavy atom. The van der Waals surface area contributed by atoms with Crippen molar-refractivity contribution in [1.82, 2.24) is 35.7 Å². The van der Waals surface area contributed by atoms with Gasteiger partial charge in [0.2, 0.25) is 24.4 Å². The Bertz CT molecular complexity index is 491. The third-order valence-electron chi connectivity index (χ3n) is 1.69. The molecule has 3 aromatic rings. The molecule has 1 N–H and O–H groups in total. The van der Waals surface area contributed by atoms with Gasteiger partial charge in [-0.2, -0.15) is 25.4 Å². The molecule has 0 saturated carbocycles. The minimum absolute atomic E-state index is 0.309. The number of nitrogens with zero attached hydrogens (tertiary/aromatic N) is 6. The summed E-state index contributed by atoms with van der Waals surface area (Å²) in [4.78, 5) is 7.69. The quantitative estimate of drug-likeness (QED) is 0.615. The maximum absolute atomic E-state index is 4.60. The van der Waals surface area contributed by atoms with E-state index in [0.29, 0.717) is 23.0 Å². The van der Waals surface area contributed by atoms with Gasteiger partial charge in [-0.1, -0.05) is 10.3 Å². The largest absolute Gasteiger partial charge is 0.342 e. The zero-order chi connectivity index (χ0) is 10.1. The average Bonchev–Trinajstić information content (AvgIpc) is 3.01. The first-order chi connectivity index (χ1) is 7.45. The molecule has 0 radical (unpaired) electrons. The molecule has 3 heterocycles. The SMILES string of the molecule is c1nc(-c2n[nH]nc2-c2ncon2)no1. The normalized spacial score (nSPS) is 10.7. The van der Waals surface area contributed by atoms with Crippen LogP contribution in [0, 0.1) is 0 Å². The molecule has 0 saturated heterocycles. The molecule has 0 aliphatic rings. The van der Waals surface area contributed by atoms with Gasteiger partial charge in [-0.05, 0) is 0 Å². The molecule has 74 valence electrons. The maximum atomic E-state index is 4.60. The summed E-state index contributed by atoms with van der Waals surface area (Å²) in [5, 5.41) is 17.4. The monoisotopic (exact) mass is 205 g/mol. The summed E-state index contributed by atoms with van der Waals surface area (Å²) in [6.07, 6.45) is 2.40. The molecule has 15 heavy (non-hydrogen) atoms. The van der Waals surface area contributed by atoms with Gasteiger partial charge < -0.3 is 9.05 Å². The van der Waals surface area contributed by atoms with Gasteiger partial charge in [-0.15, -0.1) is 0 Å². The lowest BCUT2D eigenvalue weighted by molar-refractivity contribution is 0.418. The maximum Gasteiger partial charge on any atom is 0.225 e.